The fourth-order valence-electron chi connectivity index (χ4n) is 1.83. The van der Waals surface area contributed by atoms with Gasteiger partial charge < -0.3 is 10.4 Å². The first-order chi connectivity index (χ1) is 9.52. The summed E-state index contributed by atoms with van der Waals surface area (Å²) in [6.45, 7) is 1.74. The molecule has 0 saturated heterocycles. The standard InChI is InChI=1S/C15H11BrN2O2/c1-9-5-6-10(7-11(9)15(19)20)18-14-4-2-3-13(16)12(14)8-17/h2-7,18H,1H3,(H,19,20). The smallest absolute Gasteiger partial charge is 0.336 e. The lowest BCUT2D eigenvalue weighted by Gasteiger charge is -2.11. The first-order valence-corrected chi connectivity index (χ1v) is 6.62. The molecule has 0 fully saturated rings. The molecule has 0 amide bonds. The van der Waals surface area contributed by atoms with Gasteiger partial charge in [-0.05, 0) is 52.7 Å². The monoisotopic (exact) mass is 330 g/mol. The number of benzene rings is 2. The molecule has 2 aromatic rings. The van der Waals surface area contributed by atoms with Gasteiger partial charge in [0.2, 0.25) is 0 Å². The molecule has 0 radical (unpaired) electrons. The first kappa shape index (κ1) is 14.1. The Hall–Kier alpha value is -2.32. The number of carboxylic acid groups (broad SMARTS) is 1. The van der Waals surface area contributed by atoms with E-state index < -0.39 is 5.97 Å². The van der Waals surface area contributed by atoms with Crippen LogP contribution in [0.2, 0.25) is 0 Å². The van der Waals surface area contributed by atoms with Gasteiger partial charge in [0.15, 0.2) is 0 Å². The van der Waals surface area contributed by atoms with Crippen LogP contribution in [0, 0.1) is 18.3 Å². The maximum Gasteiger partial charge on any atom is 0.336 e. The zero-order valence-corrected chi connectivity index (χ0v) is 12.2. The predicted octanol–water partition coefficient (Wildman–Crippen LogP) is 4.07. The average molecular weight is 331 g/mol. The molecule has 2 aromatic carbocycles. The van der Waals surface area contributed by atoms with Gasteiger partial charge in [0, 0.05) is 10.2 Å². The number of hydrogen-bond donors (Lipinski definition) is 2. The van der Waals surface area contributed by atoms with Gasteiger partial charge in [-0.1, -0.05) is 12.1 Å². The minimum Gasteiger partial charge on any atom is -0.478 e. The second-order valence-corrected chi connectivity index (χ2v) is 5.09. The number of carboxylic acids is 1. The number of halogens is 1. The van der Waals surface area contributed by atoms with E-state index in [4.69, 9.17) is 10.4 Å². The van der Waals surface area contributed by atoms with Crippen molar-refractivity contribution in [3.05, 3.63) is 57.6 Å². The van der Waals surface area contributed by atoms with Crippen molar-refractivity contribution in [1.29, 1.82) is 5.26 Å². The van der Waals surface area contributed by atoms with E-state index in [0.29, 0.717) is 27.0 Å². The summed E-state index contributed by atoms with van der Waals surface area (Å²) in [5, 5.41) is 21.3. The third-order valence-electron chi connectivity index (χ3n) is 2.87. The third-order valence-corrected chi connectivity index (χ3v) is 3.53. The number of aryl methyl sites for hydroxylation is 1. The Labute approximate surface area is 124 Å². The highest BCUT2D eigenvalue weighted by Gasteiger charge is 2.10. The van der Waals surface area contributed by atoms with Gasteiger partial charge in [0.05, 0.1) is 16.8 Å². The number of nitrogens with one attached hydrogen (secondary N) is 1. The van der Waals surface area contributed by atoms with Crippen molar-refractivity contribution in [3.63, 3.8) is 0 Å². The summed E-state index contributed by atoms with van der Waals surface area (Å²) >= 11 is 3.31. The highest BCUT2D eigenvalue weighted by molar-refractivity contribution is 9.10. The summed E-state index contributed by atoms with van der Waals surface area (Å²) in [6.07, 6.45) is 0. The minimum atomic E-state index is -0.971. The molecule has 2 rings (SSSR count). The molecule has 0 aliphatic heterocycles. The van der Waals surface area contributed by atoms with Gasteiger partial charge in [0.25, 0.3) is 0 Å². The van der Waals surface area contributed by atoms with Crippen LogP contribution >= 0.6 is 15.9 Å². The van der Waals surface area contributed by atoms with E-state index in [0.717, 1.165) is 0 Å². The molecular formula is C15H11BrN2O2. The van der Waals surface area contributed by atoms with Gasteiger partial charge in [-0.2, -0.15) is 5.26 Å². The summed E-state index contributed by atoms with van der Waals surface area (Å²) in [7, 11) is 0. The molecular weight excluding hydrogens is 320 g/mol. The molecule has 0 aromatic heterocycles. The molecule has 0 spiro atoms. The number of nitrogens with zero attached hydrogens (tertiary/aromatic N) is 1. The maximum absolute atomic E-state index is 11.1. The van der Waals surface area contributed by atoms with Crippen molar-refractivity contribution in [2.75, 3.05) is 5.32 Å². The zero-order valence-electron chi connectivity index (χ0n) is 10.6. The molecule has 0 aliphatic carbocycles. The molecule has 0 unspecified atom stereocenters. The molecule has 20 heavy (non-hydrogen) atoms. The van der Waals surface area contributed by atoms with E-state index in [1.807, 2.05) is 0 Å². The van der Waals surface area contributed by atoms with Crippen molar-refractivity contribution < 1.29 is 9.90 Å². The van der Waals surface area contributed by atoms with Crippen LogP contribution in [0.5, 0.6) is 0 Å². The highest BCUT2D eigenvalue weighted by atomic mass is 79.9. The first-order valence-electron chi connectivity index (χ1n) is 5.82. The summed E-state index contributed by atoms with van der Waals surface area (Å²) in [5.41, 5.74) is 2.66. The molecule has 4 nitrogen and oxygen atoms in total. The molecule has 0 saturated carbocycles. The summed E-state index contributed by atoms with van der Waals surface area (Å²) in [5.74, 6) is -0.971. The lowest BCUT2D eigenvalue weighted by molar-refractivity contribution is 0.0696. The van der Waals surface area contributed by atoms with Gasteiger partial charge in [0.1, 0.15) is 6.07 Å². The Balaban J connectivity index is 2.41. The second-order valence-electron chi connectivity index (χ2n) is 4.23. The van der Waals surface area contributed by atoms with Crippen molar-refractivity contribution in [2.24, 2.45) is 0 Å². The van der Waals surface area contributed by atoms with Crippen molar-refractivity contribution in [3.8, 4) is 6.07 Å². The Bertz CT molecular complexity index is 720. The lowest BCUT2D eigenvalue weighted by Crippen LogP contribution is -2.01. The van der Waals surface area contributed by atoms with Crippen LogP contribution in [0.25, 0.3) is 0 Å². The van der Waals surface area contributed by atoms with E-state index in [1.165, 1.54) is 0 Å². The number of nitriles is 1. The Morgan fingerprint density at radius 1 is 1.35 bits per heavy atom. The number of anilines is 2. The number of rotatable bonds is 3. The van der Waals surface area contributed by atoms with Crippen molar-refractivity contribution in [1.82, 2.24) is 0 Å². The average Bonchev–Trinajstić information content (AvgIpc) is 2.41. The lowest BCUT2D eigenvalue weighted by atomic mass is 10.1. The minimum absolute atomic E-state index is 0.239. The second kappa shape index (κ2) is 5.76. The van der Waals surface area contributed by atoms with Gasteiger partial charge >= 0.3 is 5.97 Å². The van der Waals surface area contributed by atoms with Crippen LogP contribution < -0.4 is 5.32 Å². The van der Waals surface area contributed by atoms with Crippen molar-refractivity contribution >= 4 is 33.3 Å². The van der Waals surface area contributed by atoms with Gasteiger partial charge in [-0.15, -0.1) is 0 Å². The van der Waals surface area contributed by atoms with E-state index in [1.54, 1.807) is 43.3 Å². The Kier molecular flexibility index (Phi) is 4.06. The SMILES string of the molecule is Cc1ccc(Nc2cccc(Br)c2C#N)cc1C(=O)O. The Morgan fingerprint density at radius 2 is 2.10 bits per heavy atom. The van der Waals surface area contributed by atoms with Gasteiger partial charge in [-0.3, -0.25) is 0 Å². The molecule has 0 heterocycles. The molecule has 0 atom stereocenters. The van der Waals surface area contributed by atoms with E-state index >= 15 is 0 Å². The fraction of sp³-hybridized carbons (Fsp3) is 0.0667. The topological polar surface area (TPSA) is 73.1 Å². The predicted molar refractivity (Wildman–Crippen MR) is 80.3 cm³/mol. The summed E-state index contributed by atoms with van der Waals surface area (Å²) in [6, 6.07) is 12.5. The van der Waals surface area contributed by atoms with Crippen LogP contribution in [0.1, 0.15) is 21.5 Å². The zero-order chi connectivity index (χ0) is 14.7. The number of aromatic carboxylic acids is 1. The quantitative estimate of drug-likeness (QED) is 0.889. The van der Waals surface area contributed by atoms with E-state index in [-0.39, 0.29) is 5.56 Å². The third kappa shape index (κ3) is 2.81. The van der Waals surface area contributed by atoms with Crippen LogP contribution in [-0.2, 0) is 0 Å². The number of carbonyl (C=O) groups is 1. The summed E-state index contributed by atoms with van der Waals surface area (Å²) < 4.78 is 0.690. The number of hydrogen-bond acceptors (Lipinski definition) is 3. The van der Waals surface area contributed by atoms with E-state index in [9.17, 15) is 4.79 Å². The van der Waals surface area contributed by atoms with Crippen molar-refractivity contribution in [2.45, 2.75) is 6.92 Å². The Morgan fingerprint density at radius 3 is 2.75 bits per heavy atom. The molecule has 0 bridgehead atoms. The summed E-state index contributed by atoms with van der Waals surface area (Å²) in [4.78, 5) is 11.1. The van der Waals surface area contributed by atoms with Crippen LogP contribution in [0.15, 0.2) is 40.9 Å². The van der Waals surface area contributed by atoms with Crippen LogP contribution in [-0.4, -0.2) is 11.1 Å². The molecule has 5 heteroatoms. The van der Waals surface area contributed by atoms with E-state index in [2.05, 4.69) is 27.3 Å². The molecule has 0 aliphatic rings. The molecule has 100 valence electrons. The molecule has 2 N–H and O–H groups in total. The van der Waals surface area contributed by atoms with Crippen LogP contribution in [0.4, 0.5) is 11.4 Å². The highest BCUT2D eigenvalue weighted by Crippen LogP contribution is 2.27. The maximum atomic E-state index is 11.1. The largest absolute Gasteiger partial charge is 0.478 e. The fourth-order valence-corrected chi connectivity index (χ4v) is 2.28. The van der Waals surface area contributed by atoms with Crippen LogP contribution in [0.3, 0.4) is 0 Å². The normalized spacial score (nSPS) is 9.85. The van der Waals surface area contributed by atoms with Gasteiger partial charge in [-0.25, -0.2) is 4.79 Å².